The van der Waals surface area contributed by atoms with Gasteiger partial charge in [-0.05, 0) is 76.0 Å². The Bertz CT molecular complexity index is 595. The molecule has 4 rings (SSSR count). The van der Waals surface area contributed by atoms with Gasteiger partial charge in [-0.15, -0.1) is 0 Å². The van der Waals surface area contributed by atoms with Crippen molar-refractivity contribution >= 4 is 16.1 Å². The minimum atomic E-state index is -3.16. The Morgan fingerprint density at radius 2 is 1.75 bits per heavy atom. The second kappa shape index (κ2) is 5.87. The molecule has 4 bridgehead atoms. The van der Waals surface area contributed by atoms with Crippen molar-refractivity contribution in [1.82, 2.24) is 10.0 Å². The smallest absolute Gasteiger partial charge is 0.407 e. The molecule has 0 aromatic heterocycles. The van der Waals surface area contributed by atoms with Crippen molar-refractivity contribution in [3.63, 3.8) is 0 Å². The average Bonchev–Trinajstić information content (AvgIpc) is 2.37. The van der Waals surface area contributed by atoms with E-state index in [1.807, 2.05) is 20.8 Å². The highest BCUT2D eigenvalue weighted by Gasteiger charge is 2.55. The lowest BCUT2D eigenvalue weighted by Crippen LogP contribution is -2.61. The largest absolute Gasteiger partial charge is 0.444 e. The van der Waals surface area contributed by atoms with E-state index in [2.05, 4.69) is 10.0 Å². The maximum atomic E-state index is 12.2. The van der Waals surface area contributed by atoms with Crippen LogP contribution in [0.4, 0.5) is 4.79 Å². The minimum absolute atomic E-state index is 0.0751. The van der Waals surface area contributed by atoms with Crippen LogP contribution in [-0.2, 0) is 14.8 Å². The van der Waals surface area contributed by atoms with Gasteiger partial charge < -0.3 is 10.1 Å². The summed E-state index contributed by atoms with van der Waals surface area (Å²) in [6.07, 6.45) is 6.26. The normalized spacial score (nSPS) is 38.2. The highest BCUT2D eigenvalue weighted by atomic mass is 32.2. The molecule has 138 valence electrons. The molecule has 4 aliphatic carbocycles. The van der Waals surface area contributed by atoms with Gasteiger partial charge in [0.15, 0.2) is 0 Å². The van der Waals surface area contributed by atoms with Crippen LogP contribution >= 0.6 is 0 Å². The number of rotatable bonds is 4. The van der Waals surface area contributed by atoms with E-state index in [0.717, 1.165) is 32.1 Å². The first-order valence-corrected chi connectivity index (χ1v) is 10.8. The Labute approximate surface area is 145 Å². The predicted molar refractivity (Wildman–Crippen MR) is 92.0 cm³/mol. The molecule has 0 aromatic carbocycles. The van der Waals surface area contributed by atoms with Gasteiger partial charge in [-0.25, -0.2) is 17.9 Å². The van der Waals surface area contributed by atoms with Crippen molar-refractivity contribution in [2.45, 2.75) is 64.5 Å². The average molecular weight is 359 g/mol. The molecule has 4 aliphatic rings. The molecule has 4 saturated carbocycles. The van der Waals surface area contributed by atoms with Gasteiger partial charge in [0, 0.05) is 12.6 Å². The molecule has 2 N–H and O–H groups in total. The number of carbonyl (C=O) groups excluding carboxylic acids is 1. The van der Waals surface area contributed by atoms with Crippen LogP contribution in [0.15, 0.2) is 0 Å². The predicted octanol–water partition coefficient (Wildman–Crippen LogP) is 2.26. The van der Waals surface area contributed by atoms with E-state index in [4.69, 9.17) is 4.74 Å². The molecule has 1 amide bonds. The van der Waals surface area contributed by atoms with Crippen molar-refractivity contribution < 1.29 is 17.9 Å². The number of ether oxygens (including phenoxy) is 1. The number of carbonyl (C=O) groups is 1. The summed E-state index contributed by atoms with van der Waals surface area (Å²) in [5.74, 6) is 1.54. The van der Waals surface area contributed by atoms with Crippen LogP contribution < -0.4 is 10.0 Å². The number of sulfonamides is 1. The molecule has 2 unspecified atom stereocenters. The maximum absolute atomic E-state index is 12.2. The number of hydrogen-bond acceptors (Lipinski definition) is 4. The second-order valence-electron chi connectivity index (χ2n) is 9.24. The third-order valence-corrected chi connectivity index (χ3v) is 6.46. The van der Waals surface area contributed by atoms with Crippen LogP contribution in [-0.4, -0.2) is 39.0 Å². The fraction of sp³-hybridized carbons (Fsp3) is 0.941. The summed E-state index contributed by atoms with van der Waals surface area (Å²) >= 11 is 0. The standard InChI is InChI=1S/C17H30N2O4S/c1-16(2,3)23-15(20)19-14-12-5-11-6-13(14)9-17(7-11,8-12)10-18-24(4,21)22/h11-14,18H,5-10H2,1-4H3,(H,19,20). The Morgan fingerprint density at radius 1 is 1.17 bits per heavy atom. The summed E-state index contributed by atoms with van der Waals surface area (Å²) in [6, 6.07) is 0.169. The zero-order valence-electron chi connectivity index (χ0n) is 15.1. The highest BCUT2D eigenvalue weighted by molar-refractivity contribution is 7.88. The molecule has 0 heterocycles. The van der Waals surface area contributed by atoms with E-state index in [0.29, 0.717) is 24.3 Å². The van der Waals surface area contributed by atoms with Crippen LogP contribution in [0.5, 0.6) is 0 Å². The summed E-state index contributed by atoms with van der Waals surface area (Å²) in [5.41, 5.74) is -0.414. The topological polar surface area (TPSA) is 84.5 Å². The van der Waals surface area contributed by atoms with Gasteiger partial charge >= 0.3 is 6.09 Å². The van der Waals surface area contributed by atoms with Gasteiger partial charge in [0.25, 0.3) is 0 Å². The summed E-state index contributed by atoms with van der Waals surface area (Å²) in [6.45, 7) is 6.15. The summed E-state index contributed by atoms with van der Waals surface area (Å²) in [7, 11) is -3.16. The number of hydrogen-bond donors (Lipinski definition) is 2. The van der Waals surface area contributed by atoms with Crippen LogP contribution in [0.3, 0.4) is 0 Å². The quantitative estimate of drug-likeness (QED) is 0.807. The van der Waals surface area contributed by atoms with E-state index >= 15 is 0 Å². The van der Waals surface area contributed by atoms with Crippen molar-refractivity contribution in [1.29, 1.82) is 0 Å². The van der Waals surface area contributed by atoms with E-state index in [-0.39, 0.29) is 17.6 Å². The lowest BCUT2D eigenvalue weighted by Gasteiger charge is -2.60. The lowest BCUT2D eigenvalue weighted by atomic mass is 9.48. The minimum Gasteiger partial charge on any atom is -0.444 e. The molecular formula is C17H30N2O4S. The van der Waals surface area contributed by atoms with Crippen LogP contribution in [0.1, 0.15) is 52.9 Å². The molecule has 0 saturated heterocycles. The summed E-state index contributed by atoms with van der Waals surface area (Å²) < 4.78 is 31.1. The monoisotopic (exact) mass is 358 g/mol. The molecule has 0 aromatic rings. The number of amides is 1. The molecule has 0 radical (unpaired) electrons. The fourth-order valence-electron chi connectivity index (χ4n) is 5.37. The van der Waals surface area contributed by atoms with Crippen LogP contribution in [0.2, 0.25) is 0 Å². The molecule has 0 spiro atoms. The first-order valence-electron chi connectivity index (χ1n) is 8.89. The molecule has 6 nitrogen and oxygen atoms in total. The zero-order valence-corrected chi connectivity index (χ0v) is 15.9. The zero-order chi connectivity index (χ0) is 17.8. The summed E-state index contributed by atoms with van der Waals surface area (Å²) in [5, 5.41) is 3.11. The Morgan fingerprint density at radius 3 is 2.25 bits per heavy atom. The SMILES string of the molecule is CC(C)(C)OC(=O)NC1C2CC3CC1CC(CNS(C)(=O)=O)(C3)C2. The van der Waals surface area contributed by atoms with Gasteiger partial charge in [0.05, 0.1) is 6.26 Å². The highest BCUT2D eigenvalue weighted by Crippen LogP contribution is 2.59. The van der Waals surface area contributed by atoms with Crippen LogP contribution in [0, 0.1) is 23.2 Å². The third kappa shape index (κ3) is 4.04. The molecule has 24 heavy (non-hydrogen) atoms. The van der Waals surface area contributed by atoms with Gasteiger partial charge in [-0.1, -0.05) is 0 Å². The van der Waals surface area contributed by atoms with Crippen molar-refractivity contribution in [2.24, 2.45) is 23.2 Å². The molecular weight excluding hydrogens is 328 g/mol. The Hall–Kier alpha value is -0.820. The van der Waals surface area contributed by atoms with E-state index < -0.39 is 15.6 Å². The molecule has 0 aliphatic heterocycles. The van der Waals surface area contributed by atoms with Crippen molar-refractivity contribution in [3.05, 3.63) is 0 Å². The van der Waals surface area contributed by atoms with Gasteiger partial charge in [-0.3, -0.25) is 0 Å². The summed E-state index contributed by atoms with van der Waals surface area (Å²) in [4.78, 5) is 12.2. The van der Waals surface area contributed by atoms with E-state index in [9.17, 15) is 13.2 Å². The third-order valence-electron chi connectivity index (χ3n) is 5.79. The van der Waals surface area contributed by atoms with Crippen LogP contribution in [0.25, 0.3) is 0 Å². The van der Waals surface area contributed by atoms with E-state index in [1.165, 1.54) is 6.26 Å². The Balaban J connectivity index is 1.66. The van der Waals surface area contributed by atoms with E-state index in [1.54, 1.807) is 0 Å². The molecule has 7 heteroatoms. The molecule has 4 fully saturated rings. The first-order chi connectivity index (χ1) is 10.9. The lowest BCUT2D eigenvalue weighted by molar-refractivity contribution is -0.0737. The first kappa shape index (κ1) is 18.0. The second-order valence-corrected chi connectivity index (χ2v) is 11.1. The number of nitrogens with one attached hydrogen (secondary N) is 2. The van der Waals surface area contributed by atoms with Crippen molar-refractivity contribution in [2.75, 3.05) is 12.8 Å². The fourth-order valence-corrected chi connectivity index (χ4v) is 5.94. The molecule has 2 atom stereocenters. The van der Waals surface area contributed by atoms with Gasteiger partial charge in [0.2, 0.25) is 10.0 Å². The Kier molecular flexibility index (Phi) is 4.40. The van der Waals surface area contributed by atoms with Crippen molar-refractivity contribution in [3.8, 4) is 0 Å². The van der Waals surface area contributed by atoms with Gasteiger partial charge in [-0.2, -0.15) is 0 Å². The number of alkyl carbamates (subject to hydrolysis) is 1. The van der Waals surface area contributed by atoms with Gasteiger partial charge in [0.1, 0.15) is 5.60 Å². The maximum Gasteiger partial charge on any atom is 0.407 e.